The summed E-state index contributed by atoms with van der Waals surface area (Å²) in [5.41, 5.74) is 3.93. The van der Waals surface area contributed by atoms with Crippen molar-refractivity contribution in [2.24, 2.45) is 5.73 Å². The first-order chi connectivity index (χ1) is 5.00. The van der Waals surface area contributed by atoms with Crippen molar-refractivity contribution in [2.45, 2.75) is 25.2 Å². The second-order valence-corrected chi connectivity index (χ2v) is 4.88. The van der Waals surface area contributed by atoms with E-state index in [0.717, 1.165) is 0 Å². The predicted molar refractivity (Wildman–Crippen MR) is 43.8 cm³/mol. The Kier molecular flexibility index (Phi) is 4.63. The molecule has 0 saturated heterocycles. The molecule has 0 aromatic carbocycles. The number of rotatable bonds is 5. The van der Waals surface area contributed by atoms with E-state index in [1.807, 2.05) is 0 Å². The Balaban J connectivity index is 3.75. The maximum Gasteiger partial charge on any atom is 0.176 e. The van der Waals surface area contributed by atoms with Gasteiger partial charge in [0.2, 0.25) is 0 Å². The Hall–Kier alpha value is -0.130. The van der Waals surface area contributed by atoms with Gasteiger partial charge in [-0.25, -0.2) is 8.42 Å². The van der Waals surface area contributed by atoms with E-state index < -0.39 is 15.3 Å². The van der Waals surface area contributed by atoms with Gasteiger partial charge in [-0.3, -0.25) is 0 Å². The van der Waals surface area contributed by atoms with E-state index in [0.29, 0.717) is 19.4 Å². The lowest BCUT2D eigenvalue weighted by atomic mass is 10.3. The molecule has 0 aliphatic carbocycles. The molecular weight excluding hydrogens is 166 g/mol. The van der Waals surface area contributed by atoms with Gasteiger partial charge in [-0.05, 0) is 26.3 Å². The maximum atomic E-state index is 10.9. The molecule has 0 rings (SSSR count). The van der Waals surface area contributed by atoms with E-state index in [4.69, 9.17) is 10.8 Å². The van der Waals surface area contributed by atoms with Crippen LogP contribution in [0.5, 0.6) is 0 Å². The summed E-state index contributed by atoms with van der Waals surface area (Å²) < 4.78 is 21.8. The van der Waals surface area contributed by atoms with Gasteiger partial charge in [0.15, 0.2) is 15.3 Å². The molecule has 0 aromatic rings. The minimum Gasteiger partial charge on any atom is -0.377 e. The third-order valence-electron chi connectivity index (χ3n) is 1.40. The first kappa shape index (κ1) is 10.9. The highest BCUT2D eigenvalue weighted by atomic mass is 32.2. The second-order valence-electron chi connectivity index (χ2n) is 2.46. The summed E-state index contributed by atoms with van der Waals surface area (Å²) in [7, 11) is -3.27. The smallest absolute Gasteiger partial charge is 0.176 e. The minimum absolute atomic E-state index is 0.0296. The summed E-state index contributed by atoms with van der Waals surface area (Å²) in [6, 6.07) is 0. The van der Waals surface area contributed by atoms with Gasteiger partial charge in [-0.1, -0.05) is 0 Å². The van der Waals surface area contributed by atoms with E-state index >= 15 is 0 Å². The number of sulfone groups is 1. The van der Waals surface area contributed by atoms with Crippen LogP contribution in [-0.2, 0) is 9.84 Å². The topological polar surface area (TPSA) is 80.4 Å². The van der Waals surface area contributed by atoms with Gasteiger partial charge in [0.25, 0.3) is 0 Å². The molecule has 68 valence electrons. The average molecular weight is 181 g/mol. The Morgan fingerprint density at radius 2 is 2.00 bits per heavy atom. The quantitative estimate of drug-likeness (QED) is 0.559. The Morgan fingerprint density at radius 1 is 1.45 bits per heavy atom. The van der Waals surface area contributed by atoms with Gasteiger partial charge in [0, 0.05) is 0 Å². The molecule has 5 heteroatoms. The first-order valence-corrected chi connectivity index (χ1v) is 5.32. The van der Waals surface area contributed by atoms with Crippen LogP contribution in [-0.4, -0.2) is 31.3 Å². The summed E-state index contributed by atoms with van der Waals surface area (Å²) >= 11 is 0. The van der Waals surface area contributed by atoms with Crippen LogP contribution in [0.15, 0.2) is 0 Å². The van der Waals surface area contributed by atoms with E-state index in [1.165, 1.54) is 6.92 Å². The largest absolute Gasteiger partial charge is 0.377 e. The van der Waals surface area contributed by atoms with E-state index in [9.17, 15) is 8.42 Å². The molecule has 4 nitrogen and oxygen atoms in total. The Morgan fingerprint density at radius 3 is 2.36 bits per heavy atom. The fourth-order valence-corrected chi connectivity index (χ4v) is 1.57. The first-order valence-electron chi connectivity index (χ1n) is 3.60. The number of aliphatic hydroxyl groups excluding tert-OH is 1. The molecule has 1 unspecified atom stereocenters. The van der Waals surface area contributed by atoms with Gasteiger partial charge in [0.1, 0.15) is 0 Å². The fourth-order valence-electron chi connectivity index (χ4n) is 0.618. The van der Waals surface area contributed by atoms with Gasteiger partial charge in [0.05, 0.1) is 5.75 Å². The molecule has 0 spiro atoms. The van der Waals surface area contributed by atoms with Crippen molar-refractivity contribution in [1.29, 1.82) is 0 Å². The molecular formula is C6H15NO3S. The molecule has 1 atom stereocenters. The van der Waals surface area contributed by atoms with E-state index in [2.05, 4.69) is 0 Å². The van der Waals surface area contributed by atoms with Crippen LogP contribution < -0.4 is 5.73 Å². The molecule has 0 aliphatic rings. The molecule has 0 radical (unpaired) electrons. The van der Waals surface area contributed by atoms with Gasteiger partial charge < -0.3 is 10.8 Å². The van der Waals surface area contributed by atoms with Crippen molar-refractivity contribution in [3.05, 3.63) is 0 Å². The molecule has 0 bridgehead atoms. The number of aliphatic hydroxyl groups is 1. The van der Waals surface area contributed by atoms with Crippen molar-refractivity contribution in [1.82, 2.24) is 0 Å². The highest BCUT2D eigenvalue weighted by Gasteiger charge is 2.16. The van der Waals surface area contributed by atoms with Crippen LogP contribution in [0, 0.1) is 0 Å². The lowest BCUT2D eigenvalue weighted by Gasteiger charge is -2.05. The third kappa shape index (κ3) is 4.34. The second kappa shape index (κ2) is 4.69. The highest BCUT2D eigenvalue weighted by molar-refractivity contribution is 7.91. The maximum absolute atomic E-state index is 10.9. The lowest BCUT2D eigenvalue weighted by Crippen LogP contribution is -2.20. The molecule has 0 heterocycles. The summed E-state index contributed by atoms with van der Waals surface area (Å²) in [5, 5.41) is 8.76. The molecule has 0 amide bonds. The lowest BCUT2D eigenvalue weighted by molar-refractivity contribution is 0.268. The molecule has 0 saturated carbocycles. The van der Waals surface area contributed by atoms with Gasteiger partial charge in [-0.2, -0.15) is 0 Å². The van der Waals surface area contributed by atoms with Gasteiger partial charge >= 0.3 is 0 Å². The number of nitrogens with two attached hydrogens (primary N) is 1. The average Bonchev–Trinajstić information content (AvgIpc) is 1.88. The van der Waals surface area contributed by atoms with Gasteiger partial charge in [-0.15, -0.1) is 0 Å². The fraction of sp³-hybridized carbons (Fsp3) is 1.00. The zero-order valence-electron chi connectivity index (χ0n) is 6.66. The SMILES string of the molecule is CC(O)S(=O)(=O)CCCCN. The summed E-state index contributed by atoms with van der Waals surface area (Å²) in [5.74, 6) is 0.0296. The van der Waals surface area contributed by atoms with E-state index in [-0.39, 0.29) is 5.75 Å². The Labute approximate surface area is 67.3 Å². The van der Waals surface area contributed by atoms with Crippen molar-refractivity contribution < 1.29 is 13.5 Å². The van der Waals surface area contributed by atoms with Crippen LogP contribution >= 0.6 is 0 Å². The summed E-state index contributed by atoms with van der Waals surface area (Å²) in [6.07, 6.45) is 1.22. The van der Waals surface area contributed by atoms with Crippen molar-refractivity contribution in [3.8, 4) is 0 Å². The minimum atomic E-state index is -3.27. The normalized spacial score (nSPS) is 14.8. The van der Waals surface area contributed by atoms with Crippen LogP contribution in [0.25, 0.3) is 0 Å². The Bertz CT molecular complexity index is 186. The summed E-state index contributed by atoms with van der Waals surface area (Å²) in [6.45, 7) is 1.76. The van der Waals surface area contributed by atoms with Crippen molar-refractivity contribution in [2.75, 3.05) is 12.3 Å². The summed E-state index contributed by atoms with van der Waals surface area (Å²) in [4.78, 5) is 0. The van der Waals surface area contributed by atoms with Crippen molar-refractivity contribution in [3.63, 3.8) is 0 Å². The monoisotopic (exact) mass is 181 g/mol. The molecule has 0 aromatic heterocycles. The highest BCUT2D eigenvalue weighted by Crippen LogP contribution is 2.01. The zero-order chi connectivity index (χ0) is 8.91. The van der Waals surface area contributed by atoms with Crippen LogP contribution in [0.1, 0.15) is 19.8 Å². The zero-order valence-corrected chi connectivity index (χ0v) is 7.47. The molecule has 11 heavy (non-hydrogen) atoms. The van der Waals surface area contributed by atoms with Crippen molar-refractivity contribution >= 4 is 9.84 Å². The number of hydrogen-bond donors (Lipinski definition) is 2. The molecule has 0 aliphatic heterocycles. The molecule has 0 fully saturated rings. The number of unbranched alkanes of at least 4 members (excludes halogenated alkanes) is 1. The van der Waals surface area contributed by atoms with Crippen LogP contribution in [0.4, 0.5) is 0 Å². The van der Waals surface area contributed by atoms with Crippen LogP contribution in [0.2, 0.25) is 0 Å². The molecule has 3 N–H and O–H groups in total. The van der Waals surface area contributed by atoms with E-state index in [1.54, 1.807) is 0 Å². The number of hydrogen-bond acceptors (Lipinski definition) is 4. The van der Waals surface area contributed by atoms with Crippen LogP contribution in [0.3, 0.4) is 0 Å². The predicted octanol–water partition coefficient (Wildman–Crippen LogP) is -0.522. The standard InChI is InChI=1S/C6H15NO3S/c1-6(8)11(9,10)5-3-2-4-7/h6,8H,2-5,7H2,1H3. The third-order valence-corrected chi connectivity index (χ3v) is 3.30.